The van der Waals surface area contributed by atoms with Gasteiger partial charge in [-0.2, -0.15) is 4.39 Å². The minimum atomic E-state index is -0.681. The molecule has 74 valence electrons. The Labute approximate surface area is 78.7 Å². The van der Waals surface area contributed by atoms with E-state index < -0.39 is 16.6 Å². The third-order valence-corrected chi connectivity index (χ3v) is 1.81. The first-order valence-corrected chi connectivity index (χ1v) is 4.13. The van der Waals surface area contributed by atoms with Crippen molar-refractivity contribution in [2.24, 2.45) is 0 Å². The van der Waals surface area contributed by atoms with Crippen molar-refractivity contribution in [3.8, 4) is 5.75 Å². The van der Waals surface area contributed by atoms with Crippen molar-refractivity contribution in [3.63, 3.8) is 0 Å². The molecule has 2 rings (SSSR count). The lowest BCUT2D eigenvalue weighted by Gasteiger charge is -2.03. The molecule has 0 amide bonds. The van der Waals surface area contributed by atoms with E-state index in [1.54, 1.807) is 0 Å². The normalized spacial score (nSPS) is 15.2. The smallest absolute Gasteiger partial charge is 0.367 e. The number of halogens is 1. The highest BCUT2D eigenvalue weighted by molar-refractivity contribution is 5.32. The Morgan fingerprint density at radius 2 is 2.36 bits per heavy atom. The molecule has 1 aliphatic rings. The van der Waals surface area contributed by atoms with Gasteiger partial charge in [-0.25, -0.2) is 0 Å². The van der Waals surface area contributed by atoms with E-state index in [9.17, 15) is 14.5 Å². The van der Waals surface area contributed by atoms with Gasteiger partial charge in [0, 0.05) is 0 Å². The number of nitrogens with zero attached hydrogens (tertiary/aromatic N) is 2. The fraction of sp³-hybridized carbons (Fsp3) is 0.375. The summed E-state index contributed by atoms with van der Waals surface area (Å²) in [5, 5.41) is 10.3. The maximum absolute atomic E-state index is 13.0. The zero-order chi connectivity index (χ0) is 10.1. The van der Waals surface area contributed by atoms with Gasteiger partial charge in [0.05, 0.1) is 12.2 Å². The van der Waals surface area contributed by atoms with Crippen molar-refractivity contribution in [1.29, 1.82) is 0 Å². The average Bonchev–Trinajstić information content (AvgIpc) is 2.92. The number of hydrogen-bond acceptors (Lipinski definition) is 4. The fourth-order valence-electron chi connectivity index (χ4n) is 0.966. The molecule has 1 aromatic rings. The van der Waals surface area contributed by atoms with Crippen LogP contribution in [0.15, 0.2) is 12.3 Å². The van der Waals surface area contributed by atoms with Crippen LogP contribution in [0.3, 0.4) is 0 Å². The molecule has 1 saturated carbocycles. The van der Waals surface area contributed by atoms with Crippen LogP contribution in [-0.4, -0.2) is 16.0 Å². The summed E-state index contributed by atoms with van der Waals surface area (Å²) in [4.78, 5) is 13.0. The summed E-state index contributed by atoms with van der Waals surface area (Å²) in [6.07, 6.45) is 2.55. The monoisotopic (exact) mass is 198 g/mol. The molecule has 0 unspecified atom stereocenters. The van der Waals surface area contributed by atoms with Crippen LogP contribution in [0.1, 0.15) is 12.8 Å². The molecule has 0 aromatic carbocycles. The van der Waals surface area contributed by atoms with Crippen molar-refractivity contribution in [2.45, 2.75) is 18.9 Å². The highest BCUT2D eigenvalue weighted by Crippen LogP contribution is 2.29. The summed E-state index contributed by atoms with van der Waals surface area (Å²) in [6.45, 7) is 0. The molecule has 0 saturated heterocycles. The van der Waals surface area contributed by atoms with Crippen LogP contribution in [0.2, 0.25) is 0 Å². The first-order valence-electron chi connectivity index (χ1n) is 4.13. The topological polar surface area (TPSA) is 65.3 Å². The molecule has 0 aliphatic heterocycles. The van der Waals surface area contributed by atoms with Gasteiger partial charge in [0.2, 0.25) is 5.82 Å². The van der Waals surface area contributed by atoms with Crippen LogP contribution in [-0.2, 0) is 0 Å². The number of nitro groups is 1. The largest absolute Gasteiger partial charge is 0.487 e. The van der Waals surface area contributed by atoms with Gasteiger partial charge >= 0.3 is 5.82 Å². The van der Waals surface area contributed by atoms with Gasteiger partial charge in [0.1, 0.15) is 0 Å². The lowest BCUT2D eigenvalue weighted by molar-refractivity contribution is -0.389. The van der Waals surface area contributed by atoms with Gasteiger partial charge in [0.15, 0.2) is 11.9 Å². The Hall–Kier alpha value is -1.72. The van der Waals surface area contributed by atoms with Crippen LogP contribution in [0.4, 0.5) is 10.2 Å². The van der Waals surface area contributed by atoms with Crippen LogP contribution in [0, 0.1) is 15.9 Å². The van der Waals surface area contributed by atoms with E-state index in [1.165, 1.54) is 0 Å². The standard InChI is InChI=1S/C8H7FN2O3/c9-6-4-10-8(11(12)13)3-7(6)14-5-1-2-5/h3-5H,1-2H2. The van der Waals surface area contributed by atoms with Crippen LogP contribution in [0.5, 0.6) is 5.75 Å². The lowest BCUT2D eigenvalue weighted by Crippen LogP contribution is -2.01. The Morgan fingerprint density at radius 1 is 1.64 bits per heavy atom. The van der Waals surface area contributed by atoms with Crippen molar-refractivity contribution in [2.75, 3.05) is 0 Å². The Kier molecular flexibility index (Phi) is 2.03. The SMILES string of the molecule is O=[N+]([O-])c1cc(OC2CC2)c(F)cn1. The average molecular weight is 198 g/mol. The summed E-state index contributed by atoms with van der Waals surface area (Å²) in [5.41, 5.74) is 0. The fourth-order valence-corrected chi connectivity index (χ4v) is 0.966. The predicted molar refractivity (Wildman–Crippen MR) is 44.5 cm³/mol. The van der Waals surface area contributed by atoms with Crippen LogP contribution in [0.25, 0.3) is 0 Å². The summed E-state index contributed by atoms with van der Waals surface area (Å²) >= 11 is 0. The second-order valence-corrected chi connectivity index (χ2v) is 3.05. The first kappa shape index (κ1) is 8.86. The summed E-state index contributed by atoms with van der Waals surface area (Å²) in [7, 11) is 0. The number of aromatic nitrogens is 1. The molecule has 5 nitrogen and oxygen atoms in total. The molecule has 0 spiro atoms. The minimum absolute atomic E-state index is 0.00602. The molecule has 1 fully saturated rings. The van der Waals surface area contributed by atoms with E-state index in [2.05, 4.69) is 4.98 Å². The molecule has 0 bridgehead atoms. The van der Waals surface area contributed by atoms with Gasteiger partial charge in [-0.15, -0.1) is 0 Å². The van der Waals surface area contributed by atoms with Crippen molar-refractivity contribution in [3.05, 3.63) is 28.2 Å². The number of pyridine rings is 1. The zero-order valence-electron chi connectivity index (χ0n) is 7.14. The molecule has 0 atom stereocenters. The molecular weight excluding hydrogens is 191 g/mol. The second-order valence-electron chi connectivity index (χ2n) is 3.05. The van der Waals surface area contributed by atoms with Crippen molar-refractivity contribution in [1.82, 2.24) is 4.98 Å². The summed E-state index contributed by atoms with van der Waals surface area (Å²) in [6, 6.07) is 1.01. The second kappa shape index (κ2) is 3.21. The predicted octanol–water partition coefficient (Wildman–Crippen LogP) is 1.67. The van der Waals surface area contributed by atoms with Gasteiger partial charge in [-0.05, 0) is 22.7 Å². The van der Waals surface area contributed by atoms with Crippen LogP contribution >= 0.6 is 0 Å². The molecule has 1 aliphatic carbocycles. The van der Waals surface area contributed by atoms with Crippen LogP contribution < -0.4 is 4.74 Å². The minimum Gasteiger partial charge on any atom is -0.487 e. The lowest BCUT2D eigenvalue weighted by atomic mass is 10.4. The quantitative estimate of drug-likeness (QED) is 0.547. The van der Waals surface area contributed by atoms with Gasteiger partial charge in [-0.1, -0.05) is 0 Å². The van der Waals surface area contributed by atoms with Gasteiger partial charge < -0.3 is 14.9 Å². The highest BCUT2D eigenvalue weighted by Gasteiger charge is 2.26. The third kappa shape index (κ3) is 1.78. The van der Waals surface area contributed by atoms with E-state index in [0.717, 1.165) is 25.1 Å². The van der Waals surface area contributed by atoms with Crippen molar-refractivity contribution >= 4 is 5.82 Å². The molecule has 1 heterocycles. The Bertz CT molecular complexity index is 379. The number of hydrogen-bond donors (Lipinski definition) is 0. The van der Waals surface area contributed by atoms with E-state index in [-0.39, 0.29) is 11.9 Å². The van der Waals surface area contributed by atoms with Gasteiger partial charge in [-0.3, -0.25) is 0 Å². The number of ether oxygens (including phenoxy) is 1. The van der Waals surface area contributed by atoms with E-state index >= 15 is 0 Å². The van der Waals surface area contributed by atoms with E-state index in [0.29, 0.717) is 0 Å². The Balaban J connectivity index is 2.26. The Morgan fingerprint density at radius 3 is 2.93 bits per heavy atom. The summed E-state index contributed by atoms with van der Waals surface area (Å²) < 4.78 is 18.1. The van der Waals surface area contributed by atoms with E-state index in [4.69, 9.17) is 4.74 Å². The number of rotatable bonds is 3. The van der Waals surface area contributed by atoms with Gasteiger partial charge in [0.25, 0.3) is 0 Å². The maximum Gasteiger partial charge on any atom is 0.367 e. The summed E-state index contributed by atoms with van der Waals surface area (Å²) in [5.74, 6) is -1.15. The molecule has 1 aromatic heterocycles. The molecular formula is C8H7FN2O3. The third-order valence-electron chi connectivity index (χ3n) is 1.81. The highest BCUT2D eigenvalue weighted by atomic mass is 19.1. The zero-order valence-corrected chi connectivity index (χ0v) is 7.14. The van der Waals surface area contributed by atoms with Crippen molar-refractivity contribution < 1.29 is 14.1 Å². The maximum atomic E-state index is 13.0. The van der Waals surface area contributed by atoms with E-state index in [1.807, 2.05) is 0 Å². The molecule has 6 heteroatoms. The molecule has 14 heavy (non-hydrogen) atoms. The molecule has 0 radical (unpaired) electrons. The first-order chi connectivity index (χ1) is 6.66. The molecule has 0 N–H and O–H groups in total.